The van der Waals surface area contributed by atoms with Crippen LogP contribution in [0, 0.1) is 0 Å². The largest absolute Gasteiger partial charge is 0.507 e. The molecule has 0 aliphatic carbocycles. The molecule has 0 aromatic heterocycles. The van der Waals surface area contributed by atoms with Gasteiger partial charge < -0.3 is 20.7 Å². The van der Waals surface area contributed by atoms with E-state index in [-0.39, 0.29) is 17.9 Å². The van der Waals surface area contributed by atoms with Crippen LogP contribution in [0.4, 0.5) is 0 Å². The van der Waals surface area contributed by atoms with Crippen molar-refractivity contribution >= 4 is 18.3 Å². The molecule has 0 atom stereocenters. The van der Waals surface area contributed by atoms with Gasteiger partial charge in [-0.15, -0.1) is 0 Å². The second kappa shape index (κ2) is 8.53. The van der Waals surface area contributed by atoms with Gasteiger partial charge in [0.15, 0.2) is 0 Å². The first kappa shape index (κ1) is 15.4. The molecular weight excluding hydrogens is 242 g/mol. The van der Waals surface area contributed by atoms with E-state index in [2.05, 4.69) is 10.4 Å². The number of carboxylic acid groups (broad SMARTS) is 2. The molecule has 18 heavy (non-hydrogen) atoms. The molecule has 0 heterocycles. The third kappa shape index (κ3) is 6.80. The van der Waals surface area contributed by atoms with Crippen molar-refractivity contribution in [1.29, 1.82) is 0 Å². The minimum Gasteiger partial charge on any atom is -0.507 e. The average Bonchev–Trinajstić information content (AvgIpc) is 2.30. The number of nitrogens with zero attached hydrogens (tertiary/aromatic N) is 1. The molecule has 8 heteroatoms. The van der Waals surface area contributed by atoms with Gasteiger partial charge in [0.05, 0.1) is 6.34 Å². The Morgan fingerprint density at radius 3 is 2.33 bits per heavy atom. The lowest BCUT2D eigenvalue weighted by Crippen LogP contribution is -2.19. The summed E-state index contributed by atoms with van der Waals surface area (Å²) in [5, 5.41) is 25.3. The Bertz CT molecular complexity index is 433. The molecule has 98 valence electrons. The standard InChI is InChI=1S/C7H6O3.C3H7N3O2/c8-6-4-2-1-3-5(6)7(9)10;4-6-2-5-1-3(7)8/h1-4,8H,(H,9,10);2H,1,4H2,(H,5,6)(H,7,8). The molecule has 1 aromatic rings. The van der Waals surface area contributed by atoms with E-state index in [1.54, 1.807) is 12.1 Å². The van der Waals surface area contributed by atoms with Crippen molar-refractivity contribution in [3.8, 4) is 5.75 Å². The number of nitrogens with two attached hydrogens (primary N) is 1. The first-order valence-electron chi connectivity index (χ1n) is 4.66. The zero-order valence-electron chi connectivity index (χ0n) is 9.28. The number of phenols is 1. The van der Waals surface area contributed by atoms with Gasteiger partial charge in [-0.25, -0.2) is 10.6 Å². The smallest absolute Gasteiger partial charge is 0.339 e. The lowest BCUT2D eigenvalue weighted by atomic mass is 10.2. The summed E-state index contributed by atoms with van der Waals surface area (Å²) >= 11 is 0. The monoisotopic (exact) mass is 255 g/mol. The molecule has 0 aliphatic rings. The minimum atomic E-state index is -1.11. The average molecular weight is 255 g/mol. The van der Waals surface area contributed by atoms with Crippen LogP contribution in [0.3, 0.4) is 0 Å². The van der Waals surface area contributed by atoms with Gasteiger partial charge in [0.2, 0.25) is 0 Å². The number of rotatable bonds is 4. The van der Waals surface area contributed by atoms with Crippen LogP contribution in [0.25, 0.3) is 0 Å². The van der Waals surface area contributed by atoms with Crippen LogP contribution in [-0.2, 0) is 4.79 Å². The molecule has 0 saturated heterocycles. The number of nitrogens with one attached hydrogen (secondary N) is 1. The Labute approximate surface area is 102 Å². The van der Waals surface area contributed by atoms with E-state index < -0.39 is 11.9 Å². The number of hydrogen-bond acceptors (Lipinski definition) is 5. The predicted octanol–water partition coefficient (Wildman–Crippen LogP) is -0.347. The highest BCUT2D eigenvalue weighted by Gasteiger charge is 2.05. The van der Waals surface area contributed by atoms with E-state index >= 15 is 0 Å². The SMILES string of the molecule is NNC=NCC(=O)O.O=C(O)c1ccccc1O. The van der Waals surface area contributed by atoms with E-state index in [1.807, 2.05) is 0 Å². The van der Waals surface area contributed by atoms with Crippen LogP contribution in [0.1, 0.15) is 10.4 Å². The summed E-state index contributed by atoms with van der Waals surface area (Å²) in [4.78, 5) is 23.3. The molecule has 0 amide bonds. The van der Waals surface area contributed by atoms with Gasteiger partial charge in [-0.2, -0.15) is 0 Å². The fourth-order valence-corrected chi connectivity index (χ4v) is 0.831. The highest BCUT2D eigenvalue weighted by molar-refractivity contribution is 5.90. The first-order chi connectivity index (χ1) is 8.49. The van der Waals surface area contributed by atoms with Crippen molar-refractivity contribution in [3.05, 3.63) is 29.8 Å². The van der Waals surface area contributed by atoms with Crippen LogP contribution in [0.15, 0.2) is 29.3 Å². The Hall–Kier alpha value is -2.61. The van der Waals surface area contributed by atoms with Crippen LogP contribution in [0.2, 0.25) is 0 Å². The summed E-state index contributed by atoms with van der Waals surface area (Å²) in [7, 11) is 0. The summed E-state index contributed by atoms with van der Waals surface area (Å²) in [6.07, 6.45) is 1.12. The summed E-state index contributed by atoms with van der Waals surface area (Å²) in [6.45, 7) is -0.246. The molecule has 0 saturated carbocycles. The number of benzene rings is 1. The van der Waals surface area contributed by atoms with Gasteiger partial charge in [0.25, 0.3) is 0 Å². The number of hydrogen-bond donors (Lipinski definition) is 5. The van der Waals surface area contributed by atoms with Gasteiger partial charge in [0.1, 0.15) is 17.9 Å². The van der Waals surface area contributed by atoms with E-state index in [4.69, 9.17) is 21.2 Å². The summed E-state index contributed by atoms with van der Waals surface area (Å²) in [6, 6.07) is 5.81. The Balaban J connectivity index is 0.000000331. The molecule has 0 bridgehead atoms. The molecule has 0 unspecified atom stereocenters. The first-order valence-corrected chi connectivity index (χ1v) is 4.66. The lowest BCUT2D eigenvalue weighted by Gasteiger charge is -1.95. The van der Waals surface area contributed by atoms with E-state index in [0.29, 0.717) is 0 Å². The summed E-state index contributed by atoms with van der Waals surface area (Å²) in [5.41, 5.74) is 2.00. The Morgan fingerprint density at radius 2 is 1.94 bits per heavy atom. The van der Waals surface area contributed by atoms with Crippen LogP contribution >= 0.6 is 0 Å². The van der Waals surface area contributed by atoms with Gasteiger partial charge in [-0.05, 0) is 12.1 Å². The number of para-hydroxylation sites is 1. The van der Waals surface area contributed by atoms with E-state index in [0.717, 1.165) is 6.34 Å². The number of hydrazine groups is 1. The Morgan fingerprint density at radius 1 is 1.33 bits per heavy atom. The van der Waals surface area contributed by atoms with Crippen molar-refractivity contribution in [2.75, 3.05) is 6.54 Å². The zero-order chi connectivity index (χ0) is 14.0. The zero-order valence-corrected chi connectivity index (χ0v) is 9.28. The van der Waals surface area contributed by atoms with Gasteiger partial charge in [-0.1, -0.05) is 12.1 Å². The maximum Gasteiger partial charge on any atom is 0.339 e. The molecule has 0 fully saturated rings. The maximum atomic E-state index is 10.3. The molecular formula is C10H13N3O5. The fourth-order valence-electron chi connectivity index (χ4n) is 0.831. The van der Waals surface area contributed by atoms with E-state index in [9.17, 15) is 9.59 Å². The number of aliphatic carboxylic acids is 1. The number of aliphatic imine (C=N–C) groups is 1. The highest BCUT2D eigenvalue weighted by atomic mass is 16.4. The third-order valence-electron chi connectivity index (χ3n) is 1.53. The van der Waals surface area contributed by atoms with Crippen LogP contribution in [0.5, 0.6) is 5.75 Å². The minimum absolute atomic E-state index is 0.0671. The third-order valence-corrected chi connectivity index (χ3v) is 1.53. The van der Waals surface area contributed by atoms with Crippen LogP contribution in [-0.4, -0.2) is 40.1 Å². The highest BCUT2D eigenvalue weighted by Crippen LogP contribution is 2.14. The van der Waals surface area contributed by atoms with Crippen molar-refractivity contribution in [2.45, 2.75) is 0 Å². The summed E-state index contributed by atoms with van der Waals surface area (Å²) < 4.78 is 0. The van der Waals surface area contributed by atoms with Crippen molar-refractivity contribution in [3.63, 3.8) is 0 Å². The molecule has 8 nitrogen and oxygen atoms in total. The second-order valence-corrected chi connectivity index (χ2v) is 2.85. The predicted molar refractivity (Wildman–Crippen MR) is 63.4 cm³/mol. The van der Waals surface area contributed by atoms with Crippen molar-refractivity contribution in [2.24, 2.45) is 10.8 Å². The van der Waals surface area contributed by atoms with E-state index in [1.165, 1.54) is 12.1 Å². The quantitative estimate of drug-likeness (QED) is 0.214. The number of aromatic hydroxyl groups is 1. The molecule has 1 aromatic carbocycles. The van der Waals surface area contributed by atoms with Gasteiger partial charge >= 0.3 is 11.9 Å². The molecule has 0 aliphatic heterocycles. The number of aromatic carboxylic acids is 1. The van der Waals surface area contributed by atoms with Gasteiger partial charge in [-0.3, -0.25) is 9.79 Å². The van der Waals surface area contributed by atoms with Crippen LogP contribution < -0.4 is 11.3 Å². The maximum absolute atomic E-state index is 10.3. The topological polar surface area (TPSA) is 145 Å². The fraction of sp³-hybridized carbons (Fsp3) is 0.100. The Kier molecular flexibility index (Phi) is 7.29. The number of carboxylic acids is 2. The number of carbonyl (C=O) groups is 2. The van der Waals surface area contributed by atoms with Crippen molar-refractivity contribution < 1.29 is 24.9 Å². The van der Waals surface area contributed by atoms with Crippen molar-refractivity contribution in [1.82, 2.24) is 5.43 Å². The molecule has 0 radical (unpaired) electrons. The summed E-state index contributed by atoms with van der Waals surface area (Å²) in [5.74, 6) is 2.44. The molecule has 1 rings (SSSR count). The normalized spacial score (nSPS) is 9.39. The second-order valence-electron chi connectivity index (χ2n) is 2.85. The lowest BCUT2D eigenvalue weighted by molar-refractivity contribution is -0.135. The molecule has 0 spiro atoms. The molecule has 6 N–H and O–H groups in total. The van der Waals surface area contributed by atoms with Gasteiger partial charge in [0, 0.05) is 0 Å².